The van der Waals surface area contributed by atoms with E-state index in [2.05, 4.69) is 0 Å². The summed E-state index contributed by atoms with van der Waals surface area (Å²) in [6.07, 6.45) is 0. The third-order valence-electron chi connectivity index (χ3n) is 3.07. The van der Waals surface area contributed by atoms with Crippen molar-refractivity contribution in [3.05, 3.63) is 64.7 Å². The fourth-order valence-electron chi connectivity index (χ4n) is 1.92. The second-order valence-corrected chi connectivity index (χ2v) is 5.95. The Morgan fingerprint density at radius 3 is 2.55 bits per heavy atom. The lowest BCUT2D eigenvalue weighted by molar-refractivity contribution is 0.572. The van der Waals surface area contributed by atoms with Crippen LogP contribution in [0, 0.1) is 18.6 Å². The van der Waals surface area contributed by atoms with Gasteiger partial charge in [-0.3, -0.25) is 4.21 Å². The second kappa shape index (κ2) is 6.24. The Hall–Kier alpha value is -1.59. The lowest BCUT2D eigenvalue weighted by atomic mass is 10.1. The van der Waals surface area contributed by atoms with Gasteiger partial charge >= 0.3 is 0 Å². The average molecular weight is 295 g/mol. The number of hydrogen-bond acceptors (Lipinski definition) is 2. The van der Waals surface area contributed by atoms with Crippen LogP contribution in [0.5, 0.6) is 0 Å². The SMILES string of the molecule is Cc1cc(CN)ccc1CS(=O)c1cc(F)ccc1F. The summed E-state index contributed by atoms with van der Waals surface area (Å²) in [5.74, 6) is -1.09. The number of rotatable bonds is 4. The van der Waals surface area contributed by atoms with Crippen LogP contribution in [0.15, 0.2) is 41.3 Å². The topological polar surface area (TPSA) is 43.1 Å². The molecule has 106 valence electrons. The molecule has 2 aromatic rings. The molecule has 0 aliphatic carbocycles. The van der Waals surface area contributed by atoms with Crippen LogP contribution in [-0.2, 0) is 23.1 Å². The van der Waals surface area contributed by atoms with Crippen molar-refractivity contribution in [3.63, 3.8) is 0 Å². The first kappa shape index (κ1) is 14.8. The fraction of sp³-hybridized carbons (Fsp3) is 0.200. The van der Waals surface area contributed by atoms with Crippen LogP contribution in [0.2, 0.25) is 0 Å². The zero-order chi connectivity index (χ0) is 14.7. The number of aryl methyl sites for hydroxylation is 1. The van der Waals surface area contributed by atoms with Crippen LogP contribution in [0.25, 0.3) is 0 Å². The van der Waals surface area contributed by atoms with Crippen LogP contribution in [0.1, 0.15) is 16.7 Å². The van der Waals surface area contributed by atoms with Crippen molar-refractivity contribution in [1.29, 1.82) is 0 Å². The zero-order valence-electron chi connectivity index (χ0n) is 11.0. The molecule has 0 heterocycles. The predicted molar refractivity (Wildman–Crippen MR) is 75.5 cm³/mol. The molecule has 0 aliphatic heterocycles. The standard InChI is InChI=1S/C15H15F2NOS/c1-10-6-11(8-18)2-3-12(10)9-20(19)15-7-13(16)4-5-14(15)17/h2-7H,8-9,18H2,1H3. The van der Waals surface area contributed by atoms with Gasteiger partial charge in [0, 0.05) is 6.54 Å². The van der Waals surface area contributed by atoms with Gasteiger partial charge in [0.2, 0.25) is 0 Å². The summed E-state index contributed by atoms with van der Waals surface area (Å²) >= 11 is 0. The summed E-state index contributed by atoms with van der Waals surface area (Å²) in [6, 6.07) is 8.57. The average Bonchev–Trinajstić information content (AvgIpc) is 2.43. The summed E-state index contributed by atoms with van der Waals surface area (Å²) in [5.41, 5.74) is 8.31. The summed E-state index contributed by atoms with van der Waals surface area (Å²) in [7, 11) is -1.62. The highest BCUT2D eigenvalue weighted by Gasteiger charge is 2.13. The van der Waals surface area contributed by atoms with Crippen molar-refractivity contribution in [1.82, 2.24) is 0 Å². The Kier molecular flexibility index (Phi) is 4.62. The molecule has 0 saturated carbocycles. The van der Waals surface area contributed by atoms with Crippen molar-refractivity contribution >= 4 is 10.8 Å². The van der Waals surface area contributed by atoms with Crippen LogP contribution in [0.3, 0.4) is 0 Å². The minimum absolute atomic E-state index is 0.104. The molecular formula is C15H15F2NOS. The Balaban J connectivity index is 2.25. The molecule has 0 radical (unpaired) electrons. The maximum Gasteiger partial charge on any atom is 0.139 e. The Labute approximate surface area is 119 Å². The molecule has 0 spiro atoms. The molecule has 2 aromatic carbocycles. The molecule has 0 aliphatic rings. The van der Waals surface area contributed by atoms with Gasteiger partial charge in [-0.05, 0) is 41.8 Å². The minimum Gasteiger partial charge on any atom is -0.326 e. The van der Waals surface area contributed by atoms with E-state index in [0.29, 0.717) is 6.54 Å². The third kappa shape index (κ3) is 3.29. The monoisotopic (exact) mass is 295 g/mol. The van der Waals surface area contributed by atoms with Crippen LogP contribution in [-0.4, -0.2) is 4.21 Å². The van der Waals surface area contributed by atoms with E-state index < -0.39 is 22.4 Å². The Morgan fingerprint density at radius 1 is 1.15 bits per heavy atom. The van der Waals surface area contributed by atoms with Crippen LogP contribution < -0.4 is 5.73 Å². The molecule has 0 bridgehead atoms. The van der Waals surface area contributed by atoms with E-state index in [0.717, 1.165) is 34.9 Å². The molecule has 0 fully saturated rings. The van der Waals surface area contributed by atoms with E-state index in [9.17, 15) is 13.0 Å². The fourth-order valence-corrected chi connectivity index (χ4v) is 3.21. The Morgan fingerprint density at radius 2 is 1.90 bits per heavy atom. The first-order valence-corrected chi connectivity index (χ1v) is 7.45. The molecule has 0 saturated heterocycles. The van der Waals surface area contributed by atoms with Gasteiger partial charge in [0.15, 0.2) is 0 Å². The summed E-state index contributed by atoms with van der Waals surface area (Å²) in [6.45, 7) is 2.32. The van der Waals surface area contributed by atoms with Crippen molar-refractivity contribution in [2.24, 2.45) is 5.73 Å². The van der Waals surface area contributed by atoms with Crippen molar-refractivity contribution in [3.8, 4) is 0 Å². The molecule has 1 unspecified atom stereocenters. The molecular weight excluding hydrogens is 280 g/mol. The normalized spacial score (nSPS) is 12.4. The number of nitrogens with two attached hydrogens (primary N) is 1. The van der Waals surface area contributed by atoms with Gasteiger partial charge in [-0.15, -0.1) is 0 Å². The minimum atomic E-state index is -1.62. The third-order valence-corrected chi connectivity index (χ3v) is 4.44. The largest absolute Gasteiger partial charge is 0.326 e. The first-order valence-electron chi connectivity index (χ1n) is 6.13. The lowest BCUT2D eigenvalue weighted by Gasteiger charge is -2.08. The van der Waals surface area contributed by atoms with Gasteiger partial charge in [0.1, 0.15) is 11.6 Å². The van der Waals surface area contributed by atoms with Crippen molar-refractivity contribution in [2.45, 2.75) is 24.1 Å². The summed E-state index contributed by atoms with van der Waals surface area (Å²) < 4.78 is 38.8. The maximum absolute atomic E-state index is 13.6. The molecule has 0 amide bonds. The molecule has 1 atom stereocenters. The quantitative estimate of drug-likeness (QED) is 0.942. The maximum atomic E-state index is 13.6. The number of halogens is 2. The lowest BCUT2D eigenvalue weighted by Crippen LogP contribution is -2.03. The van der Waals surface area contributed by atoms with Gasteiger partial charge in [0.25, 0.3) is 0 Å². The van der Waals surface area contributed by atoms with Gasteiger partial charge in [-0.25, -0.2) is 8.78 Å². The molecule has 5 heteroatoms. The van der Waals surface area contributed by atoms with Crippen molar-refractivity contribution in [2.75, 3.05) is 0 Å². The highest BCUT2D eigenvalue weighted by Crippen LogP contribution is 2.20. The zero-order valence-corrected chi connectivity index (χ0v) is 11.8. The first-order chi connectivity index (χ1) is 9.51. The molecule has 0 aromatic heterocycles. The van der Waals surface area contributed by atoms with Crippen molar-refractivity contribution < 1.29 is 13.0 Å². The highest BCUT2D eigenvalue weighted by molar-refractivity contribution is 7.84. The molecule has 2 rings (SSSR count). The Bertz CT molecular complexity index is 658. The van der Waals surface area contributed by atoms with Gasteiger partial charge in [0.05, 0.1) is 21.4 Å². The van der Waals surface area contributed by atoms with E-state index in [-0.39, 0.29) is 10.6 Å². The smallest absolute Gasteiger partial charge is 0.139 e. The second-order valence-electron chi connectivity index (χ2n) is 4.53. The summed E-state index contributed by atoms with van der Waals surface area (Å²) in [5, 5.41) is 0. The van der Waals surface area contributed by atoms with E-state index in [1.54, 1.807) is 0 Å². The van der Waals surface area contributed by atoms with E-state index in [1.807, 2.05) is 25.1 Å². The van der Waals surface area contributed by atoms with E-state index in [4.69, 9.17) is 5.73 Å². The number of hydrogen-bond donors (Lipinski definition) is 1. The molecule has 2 N–H and O–H groups in total. The highest BCUT2D eigenvalue weighted by atomic mass is 32.2. The molecule has 2 nitrogen and oxygen atoms in total. The van der Waals surface area contributed by atoms with Gasteiger partial charge in [-0.1, -0.05) is 18.2 Å². The van der Waals surface area contributed by atoms with Crippen LogP contribution in [0.4, 0.5) is 8.78 Å². The van der Waals surface area contributed by atoms with Gasteiger partial charge in [-0.2, -0.15) is 0 Å². The number of benzene rings is 2. The van der Waals surface area contributed by atoms with Gasteiger partial charge < -0.3 is 5.73 Å². The van der Waals surface area contributed by atoms with E-state index >= 15 is 0 Å². The molecule has 20 heavy (non-hydrogen) atoms. The van der Waals surface area contributed by atoms with E-state index in [1.165, 1.54) is 0 Å². The van der Waals surface area contributed by atoms with Crippen LogP contribution >= 0.6 is 0 Å². The summed E-state index contributed by atoms with van der Waals surface area (Å²) in [4.78, 5) is -0.104. The predicted octanol–water partition coefficient (Wildman–Crippen LogP) is 3.04.